The van der Waals surface area contributed by atoms with E-state index < -0.39 is 69.2 Å². The molecule has 0 fully saturated rings. The standard InChI is InChI=1S/C12H8N2.2C9H6O6.Cu/c1-3-9-5-6-10-4-2-8-14-12(10)11(9)13-7-1;2*10-7(11)4-1-5(8(12)13)3-6(2-4)9(14)15;/h1-8H;2*1-3H,(H,10,11)(H,12,13)(H,14,15);/q;;;+2/p-2. The number of pyridine rings is 2. The van der Waals surface area contributed by atoms with Crippen molar-refractivity contribution in [1.82, 2.24) is 9.97 Å². The molecule has 0 saturated carbocycles. The van der Waals surface area contributed by atoms with Crippen LogP contribution in [0, 0.1) is 0 Å². The maximum atomic E-state index is 10.5. The van der Waals surface area contributed by atoms with Crippen LogP contribution >= 0.6 is 0 Å². The molecule has 0 aliphatic heterocycles. The zero-order valence-corrected chi connectivity index (χ0v) is 23.3. The molecule has 4 N–H and O–H groups in total. The third-order valence-corrected chi connectivity index (χ3v) is 5.67. The minimum atomic E-state index is -1.62. The van der Waals surface area contributed by atoms with Gasteiger partial charge in [-0.1, -0.05) is 24.3 Å². The third-order valence-electron chi connectivity index (χ3n) is 5.67. The first-order chi connectivity index (χ1) is 20.8. The van der Waals surface area contributed by atoms with Crippen molar-refractivity contribution in [3.05, 3.63) is 119 Å². The molecule has 5 rings (SSSR count). The van der Waals surface area contributed by atoms with Crippen molar-refractivity contribution in [3.63, 3.8) is 0 Å². The molecular formula is C30H18CuN2O12. The van der Waals surface area contributed by atoms with Crippen LogP contribution in [0.3, 0.4) is 0 Å². The van der Waals surface area contributed by atoms with Gasteiger partial charge in [-0.25, -0.2) is 19.2 Å². The molecule has 2 aromatic heterocycles. The van der Waals surface area contributed by atoms with Crippen LogP contribution in [0.1, 0.15) is 62.1 Å². The third kappa shape index (κ3) is 9.15. The molecule has 0 saturated heterocycles. The Bertz CT molecular complexity index is 1660. The predicted molar refractivity (Wildman–Crippen MR) is 146 cm³/mol. The fourth-order valence-corrected chi connectivity index (χ4v) is 3.66. The summed E-state index contributed by atoms with van der Waals surface area (Å²) in [6.45, 7) is 0. The van der Waals surface area contributed by atoms with Crippen molar-refractivity contribution in [3.8, 4) is 0 Å². The summed E-state index contributed by atoms with van der Waals surface area (Å²) in [6, 6.07) is 17.2. The van der Waals surface area contributed by atoms with Gasteiger partial charge in [-0.2, -0.15) is 0 Å². The Morgan fingerprint density at radius 3 is 0.978 bits per heavy atom. The Morgan fingerprint density at radius 2 is 0.733 bits per heavy atom. The van der Waals surface area contributed by atoms with Gasteiger partial charge in [0.1, 0.15) is 0 Å². The SMILES string of the molecule is O=C([O-])c1cc(C(=O)O)cc(C(=O)O)c1.O=C([O-])c1cc(C(=O)O)cc(C(=O)O)c1.[Cu+2].c1cnc2c(c1)ccc1cccnc12. The van der Waals surface area contributed by atoms with Crippen molar-refractivity contribution in [2.75, 3.05) is 0 Å². The number of carbonyl (C=O) groups excluding carboxylic acids is 2. The number of benzene rings is 3. The molecule has 0 atom stereocenters. The van der Waals surface area contributed by atoms with Gasteiger partial charge < -0.3 is 40.2 Å². The van der Waals surface area contributed by atoms with E-state index in [2.05, 4.69) is 34.2 Å². The molecule has 45 heavy (non-hydrogen) atoms. The van der Waals surface area contributed by atoms with Gasteiger partial charge in [0.05, 0.1) is 45.2 Å². The fourth-order valence-electron chi connectivity index (χ4n) is 3.66. The van der Waals surface area contributed by atoms with Crippen LogP contribution in [0.2, 0.25) is 0 Å². The monoisotopic (exact) mass is 661 g/mol. The van der Waals surface area contributed by atoms with Gasteiger partial charge in [-0.15, -0.1) is 0 Å². The number of hydrogen-bond acceptors (Lipinski definition) is 10. The summed E-state index contributed by atoms with van der Waals surface area (Å²) >= 11 is 0. The molecule has 0 spiro atoms. The van der Waals surface area contributed by atoms with Crippen LogP contribution < -0.4 is 10.2 Å². The summed E-state index contributed by atoms with van der Waals surface area (Å²) in [4.78, 5) is 71.8. The Balaban J connectivity index is 0.000000232. The molecule has 2 heterocycles. The van der Waals surface area contributed by atoms with Gasteiger partial charge >= 0.3 is 40.9 Å². The summed E-state index contributed by atoms with van der Waals surface area (Å²) in [7, 11) is 0. The van der Waals surface area contributed by atoms with Crippen molar-refractivity contribution in [1.29, 1.82) is 0 Å². The molecule has 0 bridgehead atoms. The Morgan fingerprint density at radius 1 is 0.467 bits per heavy atom. The summed E-state index contributed by atoms with van der Waals surface area (Å²) in [6.07, 6.45) is 3.60. The van der Waals surface area contributed by atoms with E-state index in [9.17, 15) is 39.0 Å². The van der Waals surface area contributed by atoms with Crippen molar-refractivity contribution in [2.24, 2.45) is 0 Å². The van der Waals surface area contributed by atoms with E-state index in [4.69, 9.17) is 20.4 Å². The van der Waals surface area contributed by atoms with Gasteiger partial charge in [0.15, 0.2) is 0 Å². The number of rotatable bonds is 6. The average molecular weight is 662 g/mol. The van der Waals surface area contributed by atoms with E-state index in [1.807, 2.05) is 12.1 Å². The number of hydrogen-bond donors (Lipinski definition) is 4. The number of nitrogens with zero attached hydrogens (tertiary/aromatic N) is 2. The van der Waals surface area contributed by atoms with Crippen LogP contribution in [-0.4, -0.2) is 66.2 Å². The first kappa shape index (κ1) is 35.0. The zero-order valence-electron chi connectivity index (χ0n) is 22.3. The Labute approximate surface area is 262 Å². The van der Waals surface area contributed by atoms with E-state index in [0.717, 1.165) is 58.2 Å². The summed E-state index contributed by atoms with van der Waals surface area (Å²) in [5, 5.41) is 57.5. The topological polar surface area (TPSA) is 255 Å². The minimum Gasteiger partial charge on any atom is -0.545 e. The second-order valence-corrected chi connectivity index (χ2v) is 8.61. The summed E-state index contributed by atoms with van der Waals surface area (Å²) in [5.74, 6) is -8.86. The number of carbonyl (C=O) groups is 6. The zero-order chi connectivity index (χ0) is 32.6. The van der Waals surface area contributed by atoms with Gasteiger partial charge in [0.2, 0.25) is 0 Å². The van der Waals surface area contributed by atoms with Crippen LogP contribution in [-0.2, 0) is 17.1 Å². The molecule has 3 aromatic carbocycles. The van der Waals surface area contributed by atoms with Crippen LogP contribution in [0.4, 0.5) is 0 Å². The molecule has 1 radical (unpaired) electrons. The van der Waals surface area contributed by atoms with E-state index in [0.29, 0.717) is 0 Å². The number of aromatic nitrogens is 2. The van der Waals surface area contributed by atoms with E-state index in [-0.39, 0.29) is 17.1 Å². The van der Waals surface area contributed by atoms with Crippen molar-refractivity contribution in [2.45, 2.75) is 0 Å². The second kappa shape index (κ2) is 15.3. The Hall–Kier alpha value is -6.18. The number of fused-ring (bicyclic) bond motifs is 3. The molecule has 0 unspecified atom stereocenters. The predicted octanol–water partition coefficient (Wildman–Crippen LogP) is 1.67. The smallest absolute Gasteiger partial charge is 0.545 e. The van der Waals surface area contributed by atoms with Crippen LogP contribution in [0.25, 0.3) is 21.8 Å². The van der Waals surface area contributed by atoms with Crippen LogP contribution in [0.15, 0.2) is 85.2 Å². The molecule has 5 aromatic rings. The summed E-state index contributed by atoms with van der Waals surface area (Å²) < 4.78 is 0. The number of aromatic carboxylic acids is 6. The molecule has 15 heteroatoms. The van der Waals surface area contributed by atoms with Crippen LogP contribution in [0.5, 0.6) is 0 Å². The molecule has 231 valence electrons. The largest absolute Gasteiger partial charge is 2.00 e. The van der Waals surface area contributed by atoms with E-state index >= 15 is 0 Å². The molecule has 0 aliphatic rings. The van der Waals surface area contributed by atoms with Gasteiger partial charge in [-0.05, 0) is 59.7 Å². The van der Waals surface area contributed by atoms with E-state index in [1.54, 1.807) is 12.4 Å². The normalized spacial score (nSPS) is 9.78. The molecule has 0 aliphatic carbocycles. The maximum Gasteiger partial charge on any atom is 2.00 e. The summed E-state index contributed by atoms with van der Waals surface area (Å²) in [5.41, 5.74) is -0.637. The maximum absolute atomic E-state index is 10.5. The van der Waals surface area contributed by atoms with Gasteiger partial charge in [0.25, 0.3) is 0 Å². The first-order valence-electron chi connectivity index (χ1n) is 12.0. The van der Waals surface area contributed by atoms with E-state index in [1.165, 1.54) is 0 Å². The van der Waals surface area contributed by atoms with Crippen molar-refractivity contribution >= 4 is 57.6 Å². The Kier molecular flexibility index (Phi) is 11.9. The number of carboxylic acid groups (broad SMARTS) is 6. The minimum absolute atomic E-state index is 0. The van der Waals surface area contributed by atoms with Crippen molar-refractivity contribution < 1.29 is 76.5 Å². The molecular weight excluding hydrogens is 644 g/mol. The molecule has 14 nitrogen and oxygen atoms in total. The fraction of sp³-hybridized carbons (Fsp3) is 0. The average Bonchev–Trinajstić information content (AvgIpc) is 3.01. The second-order valence-electron chi connectivity index (χ2n) is 8.61. The first-order valence-corrected chi connectivity index (χ1v) is 12.0. The quantitative estimate of drug-likeness (QED) is 0.149. The number of carboxylic acids is 6. The van der Waals surface area contributed by atoms with Gasteiger partial charge in [-0.3, -0.25) is 9.97 Å². The molecule has 0 amide bonds. The van der Waals surface area contributed by atoms with Gasteiger partial charge in [0, 0.05) is 23.2 Å².